The van der Waals surface area contributed by atoms with Gasteiger partial charge in [0.25, 0.3) is 0 Å². The van der Waals surface area contributed by atoms with Crippen LogP contribution in [0.2, 0.25) is 0 Å². The molecule has 1 rings (SSSR count). The number of ether oxygens (including phenoxy) is 1. The monoisotopic (exact) mass is 212 g/mol. The molecule has 4 heteroatoms. The van der Waals surface area contributed by atoms with Crippen molar-refractivity contribution in [2.45, 2.75) is 12.8 Å². The normalized spacial score (nSPS) is 17.2. The molecule has 0 heterocycles. The first-order chi connectivity index (χ1) is 7.20. The standard InChI is InChI=1S/C11H20N2O2/c1-3-6-13(7-8-15-2)10(14)11(9-12)4-5-11/h3H,1,4-9,12H2,2H3. The predicted molar refractivity (Wildman–Crippen MR) is 59.4 cm³/mol. The van der Waals surface area contributed by atoms with E-state index in [4.69, 9.17) is 10.5 Å². The predicted octanol–water partition coefficient (Wildman–Crippen LogP) is 0.386. The summed E-state index contributed by atoms with van der Waals surface area (Å²) < 4.78 is 4.98. The van der Waals surface area contributed by atoms with Crippen LogP contribution < -0.4 is 5.73 Å². The molecule has 86 valence electrons. The highest BCUT2D eigenvalue weighted by Gasteiger charge is 2.50. The Morgan fingerprint density at radius 3 is 2.73 bits per heavy atom. The van der Waals surface area contributed by atoms with Crippen LogP contribution >= 0.6 is 0 Å². The quantitative estimate of drug-likeness (QED) is 0.621. The molecule has 0 saturated heterocycles. The molecule has 1 aliphatic carbocycles. The van der Waals surface area contributed by atoms with Crippen molar-refractivity contribution in [3.63, 3.8) is 0 Å². The maximum Gasteiger partial charge on any atom is 0.230 e. The second kappa shape index (κ2) is 5.28. The van der Waals surface area contributed by atoms with E-state index in [2.05, 4.69) is 6.58 Å². The number of nitrogens with zero attached hydrogens (tertiary/aromatic N) is 1. The van der Waals surface area contributed by atoms with Gasteiger partial charge in [-0.05, 0) is 12.8 Å². The van der Waals surface area contributed by atoms with Crippen molar-refractivity contribution in [2.75, 3.05) is 33.4 Å². The fraction of sp³-hybridized carbons (Fsp3) is 0.727. The lowest BCUT2D eigenvalue weighted by Crippen LogP contribution is -2.42. The SMILES string of the molecule is C=CCN(CCOC)C(=O)C1(CN)CC1. The molecule has 1 amide bonds. The van der Waals surface area contributed by atoms with Crippen molar-refractivity contribution in [1.29, 1.82) is 0 Å². The molecule has 15 heavy (non-hydrogen) atoms. The second-order valence-electron chi connectivity index (χ2n) is 4.02. The maximum atomic E-state index is 12.1. The Morgan fingerprint density at radius 2 is 2.33 bits per heavy atom. The van der Waals surface area contributed by atoms with Gasteiger partial charge in [0.15, 0.2) is 0 Å². The zero-order valence-corrected chi connectivity index (χ0v) is 9.37. The van der Waals surface area contributed by atoms with Crippen LogP contribution in [0.3, 0.4) is 0 Å². The van der Waals surface area contributed by atoms with Crippen LogP contribution in [-0.2, 0) is 9.53 Å². The van der Waals surface area contributed by atoms with E-state index < -0.39 is 0 Å². The van der Waals surface area contributed by atoms with Crippen molar-refractivity contribution in [3.8, 4) is 0 Å². The molecule has 0 aliphatic heterocycles. The molecule has 0 aromatic rings. The number of amides is 1. The molecule has 0 aromatic heterocycles. The average Bonchev–Trinajstić information content (AvgIpc) is 3.04. The molecule has 0 radical (unpaired) electrons. The highest BCUT2D eigenvalue weighted by atomic mass is 16.5. The lowest BCUT2D eigenvalue weighted by Gasteiger charge is -2.25. The van der Waals surface area contributed by atoms with Crippen LogP contribution in [0.15, 0.2) is 12.7 Å². The van der Waals surface area contributed by atoms with Crippen LogP contribution in [-0.4, -0.2) is 44.2 Å². The largest absolute Gasteiger partial charge is 0.383 e. The Kier molecular flexibility index (Phi) is 4.29. The Morgan fingerprint density at radius 1 is 1.67 bits per heavy atom. The van der Waals surface area contributed by atoms with Crippen molar-refractivity contribution in [2.24, 2.45) is 11.1 Å². The van der Waals surface area contributed by atoms with Gasteiger partial charge in [-0.25, -0.2) is 0 Å². The summed E-state index contributed by atoms with van der Waals surface area (Å²) in [4.78, 5) is 13.9. The second-order valence-corrected chi connectivity index (χ2v) is 4.02. The molecule has 2 N–H and O–H groups in total. The molecule has 1 aliphatic rings. The number of carbonyl (C=O) groups excluding carboxylic acids is 1. The van der Waals surface area contributed by atoms with E-state index >= 15 is 0 Å². The fourth-order valence-corrected chi connectivity index (χ4v) is 1.62. The van der Waals surface area contributed by atoms with Crippen LogP contribution in [0, 0.1) is 5.41 Å². The molecule has 0 unspecified atom stereocenters. The minimum atomic E-state index is -0.267. The van der Waals surface area contributed by atoms with E-state index in [0.29, 0.717) is 26.2 Å². The zero-order valence-electron chi connectivity index (χ0n) is 9.37. The Hall–Kier alpha value is -0.870. The molecule has 0 spiro atoms. The Balaban J connectivity index is 2.54. The number of hydrogen-bond acceptors (Lipinski definition) is 3. The van der Waals surface area contributed by atoms with E-state index in [9.17, 15) is 4.79 Å². The molecular formula is C11H20N2O2. The molecule has 0 atom stereocenters. The van der Waals surface area contributed by atoms with Crippen LogP contribution in [0.25, 0.3) is 0 Å². The van der Waals surface area contributed by atoms with Crippen molar-refractivity contribution < 1.29 is 9.53 Å². The third-order valence-corrected chi connectivity index (χ3v) is 2.90. The number of nitrogens with two attached hydrogens (primary N) is 1. The first-order valence-corrected chi connectivity index (χ1v) is 5.29. The highest BCUT2D eigenvalue weighted by molar-refractivity contribution is 5.85. The Bertz CT molecular complexity index is 237. The molecule has 1 saturated carbocycles. The number of carbonyl (C=O) groups is 1. The van der Waals surface area contributed by atoms with E-state index in [1.165, 1.54) is 0 Å². The van der Waals surface area contributed by atoms with Gasteiger partial charge in [0, 0.05) is 26.7 Å². The van der Waals surface area contributed by atoms with Gasteiger partial charge in [-0.15, -0.1) is 6.58 Å². The fourth-order valence-electron chi connectivity index (χ4n) is 1.62. The Labute approximate surface area is 91.1 Å². The van der Waals surface area contributed by atoms with Crippen LogP contribution in [0.5, 0.6) is 0 Å². The molecule has 1 fully saturated rings. The van der Waals surface area contributed by atoms with Gasteiger partial charge in [0.1, 0.15) is 0 Å². The van der Waals surface area contributed by atoms with Crippen molar-refractivity contribution in [1.82, 2.24) is 4.90 Å². The third-order valence-electron chi connectivity index (χ3n) is 2.90. The van der Waals surface area contributed by atoms with Gasteiger partial charge in [-0.1, -0.05) is 6.08 Å². The smallest absolute Gasteiger partial charge is 0.230 e. The van der Waals surface area contributed by atoms with Gasteiger partial charge in [0.05, 0.1) is 12.0 Å². The summed E-state index contributed by atoms with van der Waals surface area (Å²) in [6, 6.07) is 0. The van der Waals surface area contributed by atoms with E-state index in [0.717, 1.165) is 12.8 Å². The summed E-state index contributed by atoms with van der Waals surface area (Å²) in [5.74, 6) is 0.155. The number of rotatable bonds is 7. The lowest BCUT2D eigenvalue weighted by molar-refractivity contribution is -0.136. The lowest BCUT2D eigenvalue weighted by atomic mass is 10.1. The van der Waals surface area contributed by atoms with E-state index in [1.54, 1.807) is 18.1 Å². The molecule has 4 nitrogen and oxygen atoms in total. The van der Waals surface area contributed by atoms with Crippen molar-refractivity contribution >= 4 is 5.91 Å². The van der Waals surface area contributed by atoms with Gasteiger partial charge >= 0.3 is 0 Å². The van der Waals surface area contributed by atoms with Crippen molar-refractivity contribution in [3.05, 3.63) is 12.7 Å². The van der Waals surface area contributed by atoms with Crippen LogP contribution in [0.4, 0.5) is 0 Å². The summed E-state index contributed by atoms with van der Waals surface area (Å²) in [6.45, 7) is 5.85. The first kappa shape index (κ1) is 12.2. The van der Waals surface area contributed by atoms with Gasteiger partial charge in [0.2, 0.25) is 5.91 Å². The van der Waals surface area contributed by atoms with Gasteiger partial charge in [-0.3, -0.25) is 4.79 Å². The summed E-state index contributed by atoms with van der Waals surface area (Å²) in [6.07, 6.45) is 3.58. The number of hydrogen-bond donors (Lipinski definition) is 1. The summed E-state index contributed by atoms with van der Waals surface area (Å²) in [5.41, 5.74) is 5.36. The van der Waals surface area contributed by atoms with Gasteiger partial charge in [-0.2, -0.15) is 0 Å². The highest BCUT2D eigenvalue weighted by Crippen LogP contribution is 2.46. The minimum Gasteiger partial charge on any atom is -0.383 e. The maximum absolute atomic E-state index is 12.1. The van der Waals surface area contributed by atoms with E-state index in [-0.39, 0.29) is 11.3 Å². The van der Waals surface area contributed by atoms with E-state index in [1.807, 2.05) is 0 Å². The number of methoxy groups -OCH3 is 1. The molecule has 0 bridgehead atoms. The summed E-state index contributed by atoms with van der Waals surface area (Å²) >= 11 is 0. The summed E-state index contributed by atoms with van der Waals surface area (Å²) in [7, 11) is 1.63. The zero-order chi connectivity index (χ0) is 11.3. The van der Waals surface area contributed by atoms with Gasteiger partial charge < -0.3 is 15.4 Å². The summed E-state index contributed by atoms with van der Waals surface area (Å²) in [5, 5.41) is 0. The minimum absolute atomic E-state index is 0.155. The topological polar surface area (TPSA) is 55.6 Å². The molecular weight excluding hydrogens is 192 g/mol. The molecule has 0 aromatic carbocycles. The first-order valence-electron chi connectivity index (χ1n) is 5.29. The van der Waals surface area contributed by atoms with Crippen LogP contribution in [0.1, 0.15) is 12.8 Å². The third kappa shape index (κ3) is 2.79. The average molecular weight is 212 g/mol.